The molecule has 1 atom stereocenters. The Kier molecular flexibility index (Phi) is 6.77. The predicted molar refractivity (Wildman–Crippen MR) is 129 cm³/mol. The van der Waals surface area contributed by atoms with Crippen LogP contribution >= 0.6 is 12.2 Å². The van der Waals surface area contributed by atoms with Crippen LogP contribution in [0.5, 0.6) is 0 Å². The highest BCUT2D eigenvalue weighted by Crippen LogP contribution is 2.30. The predicted octanol–water partition coefficient (Wildman–Crippen LogP) is 4.58. The van der Waals surface area contributed by atoms with E-state index in [0.29, 0.717) is 10.7 Å². The average molecular weight is 423 g/mol. The minimum absolute atomic E-state index is 0.137. The number of rotatable bonds is 6. The number of nitrogens with zero attached hydrogens (tertiary/aromatic N) is 1. The molecular formula is C24H30N4OS. The molecule has 0 saturated heterocycles. The Morgan fingerprint density at radius 3 is 2.37 bits per heavy atom. The molecular weight excluding hydrogens is 392 g/mol. The second kappa shape index (κ2) is 9.30. The Hall–Kier alpha value is -2.86. The van der Waals surface area contributed by atoms with Gasteiger partial charge in [0, 0.05) is 30.2 Å². The summed E-state index contributed by atoms with van der Waals surface area (Å²) in [5.41, 5.74) is 6.60. The molecule has 3 N–H and O–H groups in total. The maximum atomic E-state index is 13.3. The van der Waals surface area contributed by atoms with Crippen molar-refractivity contribution in [3.63, 3.8) is 0 Å². The summed E-state index contributed by atoms with van der Waals surface area (Å²) in [6.07, 6.45) is 0. The van der Waals surface area contributed by atoms with Crippen molar-refractivity contribution in [2.45, 2.75) is 40.7 Å². The molecule has 0 spiro atoms. The molecule has 30 heavy (non-hydrogen) atoms. The van der Waals surface area contributed by atoms with Gasteiger partial charge in [-0.3, -0.25) is 4.79 Å². The smallest absolute Gasteiger partial charge is 0.255 e. The average Bonchev–Trinajstić information content (AvgIpc) is 2.72. The first-order chi connectivity index (χ1) is 14.3. The molecule has 0 radical (unpaired) electrons. The lowest BCUT2D eigenvalue weighted by atomic mass is 9.94. The summed E-state index contributed by atoms with van der Waals surface area (Å²) in [5.74, 6) is -0.137. The van der Waals surface area contributed by atoms with Crippen LogP contribution in [0.15, 0.2) is 53.7 Å². The van der Waals surface area contributed by atoms with Crippen molar-refractivity contribution >= 4 is 34.6 Å². The molecule has 0 aliphatic carbocycles. The Morgan fingerprint density at radius 2 is 1.73 bits per heavy atom. The third-order valence-corrected chi connectivity index (χ3v) is 5.94. The summed E-state index contributed by atoms with van der Waals surface area (Å²) in [6, 6.07) is 13.9. The van der Waals surface area contributed by atoms with E-state index in [-0.39, 0.29) is 11.9 Å². The normalized spacial score (nSPS) is 16.0. The number of thiocarbonyl (C=S) groups is 1. The van der Waals surface area contributed by atoms with Gasteiger partial charge in [-0.1, -0.05) is 24.3 Å². The number of carbonyl (C=O) groups excluding carboxylic acids is 1. The SMILES string of the molecule is CCN(CC)c1ccc(C2NC(=S)NC(C)=C2C(=O)Nc2cccc(C)c2C)cc1. The number of carbonyl (C=O) groups is 1. The van der Waals surface area contributed by atoms with Gasteiger partial charge in [0.1, 0.15) is 0 Å². The molecule has 158 valence electrons. The van der Waals surface area contributed by atoms with Gasteiger partial charge in [0.2, 0.25) is 0 Å². The zero-order valence-electron chi connectivity index (χ0n) is 18.3. The van der Waals surface area contributed by atoms with E-state index in [1.165, 1.54) is 5.69 Å². The summed E-state index contributed by atoms with van der Waals surface area (Å²) in [6.45, 7) is 12.1. The largest absolute Gasteiger partial charge is 0.372 e. The first-order valence-electron chi connectivity index (χ1n) is 10.4. The van der Waals surface area contributed by atoms with Crippen molar-refractivity contribution in [1.29, 1.82) is 0 Å². The Balaban J connectivity index is 1.93. The van der Waals surface area contributed by atoms with Gasteiger partial charge in [-0.05, 0) is 81.7 Å². The van der Waals surface area contributed by atoms with E-state index in [4.69, 9.17) is 12.2 Å². The zero-order valence-corrected chi connectivity index (χ0v) is 19.1. The van der Waals surface area contributed by atoms with Crippen molar-refractivity contribution in [3.8, 4) is 0 Å². The van der Waals surface area contributed by atoms with Crippen LogP contribution in [0.3, 0.4) is 0 Å². The minimum Gasteiger partial charge on any atom is -0.372 e. The van der Waals surface area contributed by atoms with Gasteiger partial charge >= 0.3 is 0 Å². The molecule has 0 fully saturated rings. The monoisotopic (exact) mass is 422 g/mol. The van der Waals surface area contributed by atoms with Gasteiger partial charge in [0.25, 0.3) is 5.91 Å². The summed E-state index contributed by atoms with van der Waals surface area (Å²) in [4.78, 5) is 15.6. The van der Waals surface area contributed by atoms with E-state index in [0.717, 1.165) is 41.2 Å². The topological polar surface area (TPSA) is 56.4 Å². The van der Waals surface area contributed by atoms with Crippen LogP contribution in [0.1, 0.15) is 43.5 Å². The van der Waals surface area contributed by atoms with Gasteiger partial charge in [-0.2, -0.15) is 0 Å². The highest BCUT2D eigenvalue weighted by atomic mass is 32.1. The summed E-state index contributed by atoms with van der Waals surface area (Å²) < 4.78 is 0. The molecule has 6 heteroatoms. The fourth-order valence-electron chi connectivity index (χ4n) is 3.79. The molecule has 1 unspecified atom stereocenters. The third kappa shape index (κ3) is 4.49. The molecule has 2 aromatic carbocycles. The van der Waals surface area contributed by atoms with Crippen LogP contribution in [0.4, 0.5) is 11.4 Å². The minimum atomic E-state index is -0.311. The maximum absolute atomic E-state index is 13.3. The number of anilines is 2. The van der Waals surface area contributed by atoms with Gasteiger partial charge in [-0.15, -0.1) is 0 Å². The van der Waals surface area contributed by atoms with Gasteiger partial charge in [-0.25, -0.2) is 0 Å². The quantitative estimate of drug-likeness (QED) is 0.595. The molecule has 0 bridgehead atoms. The fourth-order valence-corrected chi connectivity index (χ4v) is 4.06. The molecule has 0 aromatic heterocycles. The van der Waals surface area contributed by atoms with Crippen LogP contribution in [-0.2, 0) is 4.79 Å². The van der Waals surface area contributed by atoms with Crippen molar-refractivity contribution in [3.05, 3.63) is 70.4 Å². The summed E-state index contributed by atoms with van der Waals surface area (Å²) in [7, 11) is 0. The molecule has 2 aromatic rings. The molecule has 5 nitrogen and oxygen atoms in total. The number of allylic oxidation sites excluding steroid dienone is 1. The molecule has 1 heterocycles. The van der Waals surface area contributed by atoms with Crippen LogP contribution < -0.4 is 20.9 Å². The zero-order chi connectivity index (χ0) is 21.8. The van der Waals surface area contributed by atoms with Crippen LogP contribution in [-0.4, -0.2) is 24.1 Å². The highest BCUT2D eigenvalue weighted by Gasteiger charge is 2.30. The van der Waals surface area contributed by atoms with Gasteiger partial charge in [0.15, 0.2) is 5.11 Å². The first-order valence-corrected chi connectivity index (χ1v) is 10.8. The molecule has 1 amide bonds. The Bertz CT molecular complexity index is 977. The number of hydrogen-bond acceptors (Lipinski definition) is 3. The molecule has 1 aliphatic rings. The number of amides is 1. The van der Waals surface area contributed by atoms with E-state index >= 15 is 0 Å². The molecule has 3 rings (SSSR count). The highest BCUT2D eigenvalue weighted by molar-refractivity contribution is 7.80. The van der Waals surface area contributed by atoms with Crippen molar-refractivity contribution < 1.29 is 4.79 Å². The number of benzene rings is 2. The van der Waals surface area contributed by atoms with Gasteiger partial charge in [0.05, 0.1) is 11.6 Å². The first kappa shape index (κ1) is 21.8. The van der Waals surface area contributed by atoms with E-state index in [1.807, 2.05) is 39.0 Å². The van der Waals surface area contributed by atoms with E-state index in [2.05, 4.69) is 59.0 Å². The summed E-state index contributed by atoms with van der Waals surface area (Å²) in [5, 5.41) is 9.98. The van der Waals surface area contributed by atoms with Gasteiger partial charge < -0.3 is 20.9 Å². The molecule has 0 saturated carbocycles. The Morgan fingerprint density at radius 1 is 1.07 bits per heavy atom. The van der Waals surface area contributed by atoms with E-state index in [9.17, 15) is 4.79 Å². The summed E-state index contributed by atoms with van der Waals surface area (Å²) >= 11 is 5.38. The van der Waals surface area contributed by atoms with Crippen LogP contribution in [0.25, 0.3) is 0 Å². The van der Waals surface area contributed by atoms with Crippen molar-refractivity contribution in [2.75, 3.05) is 23.3 Å². The lowest BCUT2D eigenvalue weighted by molar-refractivity contribution is -0.113. The standard InChI is InChI=1S/C24H30N4OS/c1-6-28(7-2)19-13-11-18(12-14-19)22-21(17(5)25-24(30)27-22)23(29)26-20-10-8-9-15(3)16(20)4/h8-14,22H,6-7H2,1-5H3,(H,26,29)(H2,25,27,30). The third-order valence-electron chi connectivity index (χ3n) is 5.72. The second-order valence-electron chi connectivity index (χ2n) is 7.54. The van der Waals surface area contributed by atoms with E-state index in [1.54, 1.807) is 0 Å². The second-order valence-corrected chi connectivity index (χ2v) is 7.94. The number of nitrogens with one attached hydrogen (secondary N) is 3. The fraction of sp³-hybridized carbons (Fsp3) is 0.333. The Labute approximate surface area is 184 Å². The van der Waals surface area contributed by atoms with Crippen molar-refractivity contribution in [2.24, 2.45) is 0 Å². The molecule has 1 aliphatic heterocycles. The van der Waals surface area contributed by atoms with Crippen LogP contribution in [0, 0.1) is 13.8 Å². The van der Waals surface area contributed by atoms with Crippen LogP contribution in [0.2, 0.25) is 0 Å². The lowest BCUT2D eigenvalue weighted by Crippen LogP contribution is -2.45. The number of hydrogen-bond donors (Lipinski definition) is 3. The lowest BCUT2D eigenvalue weighted by Gasteiger charge is -2.31. The van der Waals surface area contributed by atoms with E-state index < -0.39 is 0 Å². The van der Waals surface area contributed by atoms with Crippen molar-refractivity contribution in [1.82, 2.24) is 10.6 Å². The number of aryl methyl sites for hydroxylation is 1. The maximum Gasteiger partial charge on any atom is 0.255 e.